The average molecular weight is 530 g/mol. The Bertz CT molecular complexity index is 712. The van der Waals surface area contributed by atoms with Crippen LogP contribution in [0.1, 0.15) is 43.7 Å². The summed E-state index contributed by atoms with van der Waals surface area (Å²) < 4.78 is 52.4. The van der Waals surface area contributed by atoms with Crippen molar-refractivity contribution in [3.63, 3.8) is 0 Å². The highest BCUT2D eigenvalue weighted by Crippen LogP contribution is 2.32. The van der Waals surface area contributed by atoms with Crippen molar-refractivity contribution in [1.82, 2.24) is 15.5 Å². The number of halogens is 5. The second kappa shape index (κ2) is 11.6. The fourth-order valence-corrected chi connectivity index (χ4v) is 3.36. The maximum absolute atomic E-state index is 13.2. The van der Waals surface area contributed by atoms with E-state index in [-0.39, 0.29) is 48.0 Å². The third-order valence-electron chi connectivity index (χ3n) is 4.84. The maximum atomic E-state index is 13.2. The van der Waals surface area contributed by atoms with Crippen LogP contribution in [0.3, 0.4) is 0 Å². The van der Waals surface area contributed by atoms with E-state index in [1.165, 1.54) is 7.05 Å². The Labute approximate surface area is 185 Å². The van der Waals surface area contributed by atoms with Crippen LogP contribution in [0.25, 0.3) is 0 Å². The first-order valence-corrected chi connectivity index (χ1v) is 9.35. The summed E-state index contributed by atoms with van der Waals surface area (Å²) in [5, 5.41) is 5.88. The second-order valence-corrected chi connectivity index (χ2v) is 6.69. The van der Waals surface area contributed by atoms with Gasteiger partial charge in [-0.05, 0) is 37.0 Å². The summed E-state index contributed by atoms with van der Waals surface area (Å²) in [6.07, 6.45) is -1.61. The molecular weight excluding hydrogens is 503 g/mol. The third-order valence-corrected chi connectivity index (χ3v) is 4.84. The quantitative estimate of drug-likeness (QED) is 0.243. The number of alkyl halides is 3. The Morgan fingerprint density at radius 3 is 2.59 bits per heavy atom. The number of hydrogen-bond acceptors (Lipinski definition) is 2. The molecule has 1 aromatic carbocycles. The standard InChI is InChI=1S/C19H26F4N4O.HI/c1-3-15(27-10-4-5-17(27)28)8-9-25-18(24-2)26-12-13-6-7-14(20)11-16(13)19(21,22)23;/h6-7,11,15H,3-5,8-10,12H2,1-2H3,(H2,24,25,26);1H. The summed E-state index contributed by atoms with van der Waals surface area (Å²) in [6, 6.07) is 2.74. The lowest BCUT2D eigenvalue weighted by molar-refractivity contribution is -0.138. The molecule has 1 heterocycles. The SMILES string of the molecule is CCC(CCNC(=NC)NCc1ccc(F)cc1C(F)(F)F)N1CCCC1=O.I. The monoisotopic (exact) mass is 530 g/mol. The lowest BCUT2D eigenvalue weighted by atomic mass is 10.1. The summed E-state index contributed by atoms with van der Waals surface area (Å²) in [5.41, 5.74) is -1.07. The molecule has 0 spiro atoms. The number of likely N-dealkylation sites (tertiary alicyclic amines) is 1. The summed E-state index contributed by atoms with van der Waals surface area (Å²) in [4.78, 5) is 17.8. The normalized spacial score (nSPS) is 15.9. The highest BCUT2D eigenvalue weighted by Gasteiger charge is 2.33. The number of carbonyl (C=O) groups excluding carboxylic acids is 1. The van der Waals surface area contributed by atoms with Crippen LogP contribution in [0.4, 0.5) is 17.6 Å². The zero-order valence-electron chi connectivity index (χ0n) is 16.5. The van der Waals surface area contributed by atoms with E-state index < -0.39 is 17.6 Å². The van der Waals surface area contributed by atoms with Gasteiger partial charge in [-0.25, -0.2) is 4.39 Å². The van der Waals surface area contributed by atoms with E-state index in [9.17, 15) is 22.4 Å². The summed E-state index contributed by atoms with van der Waals surface area (Å²) in [5.74, 6) is -0.411. The van der Waals surface area contributed by atoms with Crippen LogP contribution in [0, 0.1) is 5.82 Å². The minimum Gasteiger partial charge on any atom is -0.356 e. The van der Waals surface area contributed by atoms with E-state index >= 15 is 0 Å². The minimum atomic E-state index is -4.63. The summed E-state index contributed by atoms with van der Waals surface area (Å²) in [6.45, 7) is 3.18. The average Bonchev–Trinajstić information content (AvgIpc) is 3.07. The molecule has 164 valence electrons. The van der Waals surface area contributed by atoms with Crippen LogP contribution in [0.15, 0.2) is 23.2 Å². The van der Waals surface area contributed by atoms with Crippen molar-refractivity contribution in [3.8, 4) is 0 Å². The van der Waals surface area contributed by atoms with E-state index in [1.807, 2.05) is 11.8 Å². The number of carbonyl (C=O) groups is 1. The van der Waals surface area contributed by atoms with Gasteiger partial charge in [-0.15, -0.1) is 24.0 Å². The molecular formula is C19H27F4IN4O. The van der Waals surface area contributed by atoms with Gasteiger partial charge in [-0.1, -0.05) is 13.0 Å². The minimum absolute atomic E-state index is 0. The number of guanidine groups is 1. The molecule has 1 aliphatic rings. The molecule has 0 bridgehead atoms. The molecule has 1 atom stereocenters. The number of nitrogens with zero attached hydrogens (tertiary/aromatic N) is 2. The molecule has 1 amide bonds. The Morgan fingerprint density at radius 2 is 2.03 bits per heavy atom. The molecule has 5 nitrogen and oxygen atoms in total. The maximum Gasteiger partial charge on any atom is 0.416 e. The summed E-state index contributed by atoms with van der Waals surface area (Å²) >= 11 is 0. The van der Waals surface area contributed by atoms with Crippen molar-refractivity contribution in [2.24, 2.45) is 4.99 Å². The van der Waals surface area contributed by atoms with Gasteiger partial charge < -0.3 is 15.5 Å². The van der Waals surface area contributed by atoms with E-state index in [1.54, 1.807) is 0 Å². The van der Waals surface area contributed by atoms with Crippen LogP contribution < -0.4 is 10.6 Å². The van der Waals surface area contributed by atoms with Gasteiger partial charge in [0, 0.05) is 39.1 Å². The van der Waals surface area contributed by atoms with Crippen molar-refractivity contribution < 1.29 is 22.4 Å². The van der Waals surface area contributed by atoms with Gasteiger partial charge in [-0.2, -0.15) is 13.2 Å². The van der Waals surface area contributed by atoms with E-state index in [0.717, 1.165) is 31.5 Å². The predicted molar refractivity (Wildman–Crippen MR) is 115 cm³/mol. The molecule has 0 saturated carbocycles. The zero-order chi connectivity index (χ0) is 20.7. The molecule has 29 heavy (non-hydrogen) atoms. The van der Waals surface area contributed by atoms with Gasteiger partial charge in [0.15, 0.2) is 5.96 Å². The van der Waals surface area contributed by atoms with Crippen molar-refractivity contribution >= 4 is 35.8 Å². The fraction of sp³-hybridized carbons (Fsp3) is 0.579. The largest absolute Gasteiger partial charge is 0.416 e. The van der Waals surface area contributed by atoms with E-state index in [0.29, 0.717) is 31.4 Å². The predicted octanol–water partition coefficient (Wildman–Crippen LogP) is 3.92. The van der Waals surface area contributed by atoms with Gasteiger partial charge in [0.05, 0.1) is 5.56 Å². The molecule has 2 rings (SSSR count). The van der Waals surface area contributed by atoms with Gasteiger partial charge in [0.1, 0.15) is 5.82 Å². The van der Waals surface area contributed by atoms with Crippen molar-refractivity contribution in [3.05, 3.63) is 35.1 Å². The first-order chi connectivity index (χ1) is 13.3. The number of aliphatic imine (C=N–C) groups is 1. The lowest BCUT2D eigenvalue weighted by Crippen LogP contribution is -2.41. The summed E-state index contributed by atoms with van der Waals surface area (Å²) in [7, 11) is 1.52. The fourth-order valence-electron chi connectivity index (χ4n) is 3.36. The van der Waals surface area contributed by atoms with Gasteiger partial charge in [0.25, 0.3) is 0 Å². The van der Waals surface area contributed by atoms with Crippen LogP contribution in [0.5, 0.6) is 0 Å². The zero-order valence-corrected chi connectivity index (χ0v) is 18.8. The highest BCUT2D eigenvalue weighted by molar-refractivity contribution is 14.0. The smallest absolute Gasteiger partial charge is 0.356 e. The molecule has 1 unspecified atom stereocenters. The topological polar surface area (TPSA) is 56.7 Å². The number of benzene rings is 1. The molecule has 0 aliphatic carbocycles. The molecule has 10 heteroatoms. The molecule has 2 N–H and O–H groups in total. The molecule has 1 aromatic rings. The number of nitrogens with one attached hydrogen (secondary N) is 2. The van der Waals surface area contributed by atoms with Crippen LogP contribution >= 0.6 is 24.0 Å². The van der Waals surface area contributed by atoms with Crippen LogP contribution in [-0.2, 0) is 17.5 Å². The molecule has 1 aliphatic heterocycles. The lowest BCUT2D eigenvalue weighted by Gasteiger charge is -2.27. The highest BCUT2D eigenvalue weighted by atomic mass is 127. The van der Waals surface area contributed by atoms with Gasteiger partial charge in [0.2, 0.25) is 5.91 Å². The third kappa shape index (κ3) is 7.31. The number of amides is 1. The van der Waals surface area contributed by atoms with Crippen molar-refractivity contribution in [1.29, 1.82) is 0 Å². The molecule has 0 radical (unpaired) electrons. The van der Waals surface area contributed by atoms with E-state index in [2.05, 4.69) is 15.6 Å². The van der Waals surface area contributed by atoms with Crippen LogP contribution in [0.2, 0.25) is 0 Å². The first-order valence-electron chi connectivity index (χ1n) is 9.35. The number of hydrogen-bond donors (Lipinski definition) is 2. The number of rotatable bonds is 7. The first kappa shape index (κ1) is 25.4. The molecule has 1 fully saturated rings. The Morgan fingerprint density at radius 1 is 1.31 bits per heavy atom. The second-order valence-electron chi connectivity index (χ2n) is 6.69. The Balaban J connectivity index is 0.00000420. The Kier molecular flexibility index (Phi) is 10.1. The van der Waals surface area contributed by atoms with Gasteiger partial charge >= 0.3 is 6.18 Å². The van der Waals surface area contributed by atoms with Gasteiger partial charge in [-0.3, -0.25) is 9.79 Å². The van der Waals surface area contributed by atoms with E-state index in [4.69, 9.17) is 0 Å². The van der Waals surface area contributed by atoms with Crippen molar-refractivity contribution in [2.75, 3.05) is 20.1 Å². The Hall–Kier alpha value is -1.59. The van der Waals surface area contributed by atoms with Crippen molar-refractivity contribution in [2.45, 2.75) is 51.4 Å². The molecule has 0 aromatic heterocycles. The molecule has 1 saturated heterocycles. The van der Waals surface area contributed by atoms with Crippen LogP contribution in [-0.4, -0.2) is 42.9 Å².